The molecule has 0 saturated carbocycles. The Bertz CT molecular complexity index is 710. The van der Waals surface area contributed by atoms with Gasteiger partial charge in [0.05, 0.1) is 5.56 Å². The third-order valence-corrected chi connectivity index (χ3v) is 3.91. The number of amides is 1. The molecule has 0 aliphatic carbocycles. The molecular weight excluding hydrogens is 446 g/mol. The summed E-state index contributed by atoms with van der Waals surface area (Å²) in [5.74, 6) is -0.449. The molecule has 0 spiro atoms. The van der Waals surface area contributed by atoms with Crippen LogP contribution < -0.4 is 11.1 Å². The standard InChI is InChI=1S/C17H19F3IN3O/c1-4-5-11-8-12(17(18,19)20)6-7-14(11)24-15(25)16(2,3)23-10-13(21)9-22/h4,6-10H,1,5,22H2,2-3H3,(H,24,25). The van der Waals surface area contributed by atoms with Gasteiger partial charge < -0.3 is 11.1 Å². The number of rotatable bonds is 6. The zero-order valence-electron chi connectivity index (χ0n) is 13.8. The highest BCUT2D eigenvalue weighted by atomic mass is 127. The number of allylic oxidation sites excluding steroid dienone is 2. The van der Waals surface area contributed by atoms with Crippen molar-refractivity contribution in [3.63, 3.8) is 0 Å². The van der Waals surface area contributed by atoms with Gasteiger partial charge in [-0.1, -0.05) is 6.08 Å². The third-order valence-electron chi connectivity index (χ3n) is 3.27. The molecule has 1 aromatic rings. The zero-order valence-corrected chi connectivity index (χ0v) is 16.0. The maximum absolute atomic E-state index is 12.9. The quantitative estimate of drug-likeness (QED) is 0.370. The summed E-state index contributed by atoms with van der Waals surface area (Å²) in [4.78, 5) is 16.6. The van der Waals surface area contributed by atoms with Crippen molar-refractivity contribution < 1.29 is 18.0 Å². The van der Waals surface area contributed by atoms with Gasteiger partial charge in [-0.2, -0.15) is 13.2 Å². The Hall–Kier alpha value is -1.84. The van der Waals surface area contributed by atoms with Gasteiger partial charge in [0.15, 0.2) is 0 Å². The normalized spacial score (nSPS) is 13.1. The summed E-state index contributed by atoms with van der Waals surface area (Å²) in [7, 11) is 0. The van der Waals surface area contributed by atoms with Crippen molar-refractivity contribution in [3.05, 3.63) is 51.8 Å². The Kier molecular flexibility index (Phi) is 7.21. The van der Waals surface area contributed by atoms with E-state index < -0.39 is 23.2 Å². The molecular formula is C17H19F3IN3O. The summed E-state index contributed by atoms with van der Waals surface area (Å²) in [6.07, 6.45) is 0.0147. The highest BCUT2D eigenvalue weighted by Crippen LogP contribution is 2.32. The van der Waals surface area contributed by atoms with Gasteiger partial charge in [0.1, 0.15) is 5.54 Å². The fourth-order valence-corrected chi connectivity index (χ4v) is 1.96. The van der Waals surface area contributed by atoms with Crippen LogP contribution in [0.4, 0.5) is 18.9 Å². The van der Waals surface area contributed by atoms with Crippen LogP contribution in [-0.2, 0) is 17.4 Å². The number of anilines is 1. The number of carbonyl (C=O) groups excluding carboxylic acids is 1. The van der Waals surface area contributed by atoms with Gasteiger partial charge in [0, 0.05) is 21.7 Å². The molecule has 136 valence electrons. The van der Waals surface area contributed by atoms with Gasteiger partial charge in [0.2, 0.25) is 0 Å². The number of nitrogens with two attached hydrogens (primary N) is 1. The van der Waals surface area contributed by atoms with Crippen LogP contribution in [0.1, 0.15) is 25.0 Å². The summed E-state index contributed by atoms with van der Waals surface area (Å²) < 4.78 is 39.2. The molecule has 0 aliphatic rings. The predicted molar refractivity (Wildman–Crippen MR) is 103 cm³/mol. The topological polar surface area (TPSA) is 67.5 Å². The van der Waals surface area contributed by atoms with Gasteiger partial charge in [-0.05, 0) is 66.6 Å². The number of nitrogens with one attached hydrogen (secondary N) is 1. The molecule has 0 fully saturated rings. The van der Waals surface area contributed by atoms with Crippen LogP contribution >= 0.6 is 22.6 Å². The van der Waals surface area contributed by atoms with E-state index in [1.807, 2.05) is 22.6 Å². The number of alkyl halides is 3. The molecule has 0 atom stereocenters. The largest absolute Gasteiger partial charge is 0.416 e. The first-order valence-electron chi connectivity index (χ1n) is 7.26. The first-order valence-corrected chi connectivity index (χ1v) is 8.34. The second-order valence-corrected chi connectivity index (χ2v) is 6.93. The van der Waals surface area contributed by atoms with Gasteiger partial charge in [-0.3, -0.25) is 9.79 Å². The molecule has 1 aromatic carbocycles. The van der Waals surface area contributed by atoms with Crippen LogP contribution in [0.2, 0.25) is 0 Å². The van der Waals surface area contributed by atoms with E-state index in [0.29, 0.717) is 14.8 Å². The van der Waals surface area contributed by atoms with E-state index in [0.717, 1.165) is 12.1 Å². The average molecular weight is 465 g/mol. The summed E-state index contributed by atoms with van der Waals surface area (Å²) in [6.45, 7) is 6.73. The highest BCUT2D eigenvalue weighted by Gasteiger charge is 2.32. The monoisotopic (exact) mass is 465 g/mol. The molecule has 0 radical (unpaired) electrons. The Morgan fingerprint density at radius 3 is 2.56 bits per heavy atom. The van der Waals surface area contributed by atoms with Crippen LogP contribution in [0.15, 0.2) is 45.6 Å². The molecule has 25 heavy (non-hydrogen) atoms. The van der Waals surface area contributed by atoms with Crippen LogP contribution in [0.25, 0.3) is 0 Å². The van der Waals surface area contributed by atoms with Crippen molar-refractivity contribution in [3.8, 4) is 0 Å². The lowest BCUT2D eigenvalue weighted by molar-refractivity contribution is -0.137. The maximum atomic E-state index is 12.9. The smallest absolute Gasteiger partial charge is 0.404 e. The number of benzene rings is 1. The first-order chi connectivity index (χ1) is 11.5. The minimum absolute atomic E-state index is 0.192. The molecule has 0 bridgehead atoms. The van der Waals surface area contributed by atoms with Crippen molar-refractivity contribution in [2.24, 2.45) is 10.7 Å². The summed E-state index contributed by atoms with van der Waals surface area (Å²) >= 11 is 1.96. The van der Waals surface area contributed by atoms with Crippen molar-refractivity contribution in [2.75, 3.05) is 5.32 Å². The molecule has 0 heterocycles. The fourth-order valence-electron chi connectivity index (χ4n) is 1.82. The van der Waals surface area contributed by atoms with Gasteiger partial charge in [-0.15, -0.1) is 6.58 Å². The van der Waals surface area contributed by atoms with Crippen molar-refractivity contribution in [1.82, 2.24) is 0 Å². The Morgan fingerprint density at radius 2 is 2.04 bits per heavy atom. The van der Waals surface area contributed by atoms with Gasteiger partial charge in [0.25, 0.3) is 5.91 Å². The Morgan fingerprint density at radius 1 is 1.40 bits per heavy atom. The lowest BCUT2D eigenvalue weighted by Crippen LogP contribution is -2.35. The molecule has 0 aromatic heterocycles. The Labute approximate surface area is 158 Å². The van der Waals surface area contributed by atoms with E-state index in [2.05, 4.69) is 16.9 Å². The fraction of sp³-hybridized carbons (Fsp3) is 0.294. The van der Waals surface area contributed by atoms with E-state index in [1.165, 1.54) is 24.6 Å². The minimum Gasteiger partial charge on any atom is -0.404 e. The number of aliphatic imine (C=N–C) groups is 1. The molecule has 0 unspecified atom stereocenters. The number of halogens is 4. The Balaban J connectivity index is 3.10. The molecule has 4 nitrogen and oxygen atoms in total. The predicted octanol–water partition coefficient (Wildman–Crippen LogP) is 4.46. The number of nitrogens with zero attached hydrogens (tertiary/aromatic N) is 1. The summed E-state index contributed by atoms with van der Waals surface area (Å²) in [5, 5.41) is 2.64. The second kappa shape index (κ2) is 8.50. The van der Waals surface area contributed by atoms with Crippen LogP contribution in [0.3, 0.4) is 0 Å². The SMILES string of the molecule is C=CCc1cc(C(F)(F)F)ccc1NC(=O)C(C)(C)N=CC(I)=CN. The average Bonchev–Trinajstić information content (AvgIpc) is 2.53. The van der Waals surface area contributed by atoms with Crippen molar-refractivity contribution >= 4 is 40.4 Å². The van der Waals surface area contributed by atoms with E-state index in [4.69, 9.17) is 5.73 Å². The first kappa shape index (κ1) is 21.2. The van der Waals surface area contributed by atoms with Gasteiger partial charge in [-0.25, -0.2) is 0 Å². The lowest BCUT2D eigenvalue weighted by Gasteiger charge is -2.21. The van der Waals surface area contributed by atoms with E-state index in [1.54, 1.807) is 13.8 Å². The van der Waals surface area contributed by atoms with E-state index >= 15 is 0 Å². The molecule has 8 heteroatoms. The zero-order chi connectivity index (χ0) is 19.3. The minimum atomic E-state index is -4.45. The molecule has 0 aliphatic heterocycles. The summed E-state index contributed by atoms with van der Waals surface area (Å²) in [5.41, 5.74) is 4.07. The molecule has 3 N–H and O–H groups in total. The van der Waals surface area contributed by atoms with Crippen LogP contribution in [-0.4, -0.2) is 17.7 Å². The van der Waals surface area contributed by atoms with Crippen LogP contribution in [0.5, 0.6) is 0 Å². The van der Waals surface area contributed by atoms with E-state index in [9.17, 15) is 18.0 Å². The maximum Gasteiger partial charge on any atom is 0.416 e. The van der Waals surface area contributed by atoms with Crippen LogP contribution in [0, 0.1) is 0 Å². The molecule has 1 amide bonds. The number of hydrogen-bond acceptors (Lipinski definition) is 3. The van der Waals surface area contributed by atoms with Crippen molar-refractivity contribution in [2.45, 2.75) is 32.0 Å². The molecule has 0 saturated heterocycles. The molecule has 1 rings (SSSR count). The lowest BCUT2D eigenvalue weighted by atomic mass is 10.0. The number of hydrogen-bond donors (Lipinski definition) is 2. The number of carbonyl (C=O) groups is 1. The summed E-state index contributed by atoms with van der Waals surface area (Å²) in [6, 6.07) is 3.18. The highest BCUT2D eigenvalue weighted by molar-refractivity contribution is 14.1. The third kappa shape index (κ3) is 6.18. The second-order valence-electron chi connectivity index (χ2n) is 5.69. The van der Waals surface area contributed by atoms with E-state index in [-0.39, 0.29) is 6.42 Å². The van der Waals surface area contributed by atoms with Gasteiger partial charge >= 0.3 is 6.18 Å². The van der Waals surface area contributed by atoms with Crippen molar-refractivity contribution in [1.29, 1.82) is 0 Å².